The van der Waals surface area contributed by atoms with Crippen molar-refractivity contribution in [1.29, 1.82) is 0 Å². The third-order valence-electron chi connectivity index (χ3n) is 3.07. The van der Waals surface area contributed by atoms with Gasteiger partial charge in [-0.3, -0.25) is 0 Å². The molecule has 0 bridgehead atoms. The number of nitrogens with one attached hydrogen (secondary N) is 1. The van der Waals surface area contributed by atoms with E-state index in [4.69, 9.17) is 5.11 Å². The van der Waals surface area contributed by atoms with Gasteiger partial charge < -0.3 is 10.4 Å². The van der Waals surface area contributed by atoms with Crippen LogP contribution in [0.25, 0.3) is 0 Å². The van der Waals surface area contributed by atoms with E-state index in [1.807, 2.05) is 31.2 Å². The molecule has 103 valence electrons. The standard InChI is InChI=1S/C17H18NO2/c1-13(11-12-14-7-3-2-4-8-14)18-16-10-6-5-9-15(16)17(19)20/h2-10,12-13,18H,11H2,1H3,(H,19,20). The highest BCUT2D eigenvalue weighted by Crippen LogP contribution is 2.18. The Morgan fingerprint density at radius 1 is 1.15 bits per heavy atom. The molecule has 2 aromatic rings. The fraction of sp³-hybridized carbons (Fsp3) is 0.176. The number of rotatable bonds is 6. The predicted octanol–water partition coefficient (Wildman–Crippen LogP) is 3.83. The minimum Gasteiger partial charge on any atom is -0.478 e. The van der Waals surface area contributed by atoms with Crippen molar-refractivity contribution >= 4 is 11.7 Å². The van der Waals surface area contributed by atoms with Gasteiger partial charge in [-0.05, 0) is 37.5 Å². The van der Waals surface area contributed by atoms with Crippen LogP contribution >= 0.6 is 0 Å². The number of hydrogen-bond acceptors (Lipinski definition) is 2. The quantitative estimate of drug-likeness (QED) is 0.837. The SMILES string of the molecule is CC(C[CH]c1ccccc1)Nc1ccccc1C(=O)O. The lowest BCUT2D eigenvalue weighted by Crippen LogP contribution is -2.17. The third kappa shape index (κ3) is 3.85. The number of hydrogen-bond donors (Lipinski definition) is 2. The Kier molecular flexibility index (Phi) is 4.77. The van der Waals surface area contributed by atoms with Gasteiger partial charge in [0.15, 0.2) is 0 Å². The number of carboxylic acid groups (broad SMARTS) is 1. The summed E-state index contributed by atoms with van der Waals surface area (Å²) in [5, 5.41) is 12.4. The van der Waals surface area contributed by atoms with Crippen LogP contribution in [0, 0.1) is 6.42 Å². The highest BCUT2D eigenvalue weighted by molar-refractivity contribution is 5.94. The van der Waals surface area contributed by atoms with Crippen LogP contribution in [0.15, 0.2) is 54.6 Å². The first kappa shape index (κ1) is 14.1. The second-order valence-corrected chi connectivity index (χ2v) is 4.75. The Morgan fingerprint density at radius 2 is 1.80 bits per heavy atom. The summed E-state index contributed by atoms with van der Waals surface area (Å²) >= 11 is 0. The first-order valence-corrected chi connectivity index (χ1v) is 6.64. The summed E-state index contributed by atoms with van der Waals surface area (Å²) in [6.45, 7) is 2.04. The van der Waals surface area contributed by atoms with Gasteiger partial charge in [0, 0.05) is 11.7 Å². The van der Waals surface area contributed by atoms with Crippen molar-refractivity contribution in [2.24, 2.45) is 0 Å². The molecule has 0 saturated heterocycles. The maximum absolute atomic E-state index is 11.1. The predicted molar refractivity (Wildman–Crippen MR) is 80.9 cm³/mol. The van der Waals surface area contributed by atoms with Crippen LogP contribution in [0.1, 0.15) is 29.3 Å². The number of carboxylic acids is 1. The molecular weight excluding hydrogens is 250 g/mol. The smallest absolute Gasteiger partial charge is 0.337 e. The van der Waals surface area contributed by atoms with Crippen molar-refractivity contribution in [1.82, 2.24) is 0 Å². The number of anilines is 1. The zero-order valence-corrected chi connectivity index (χ0v) is 11.4. The van der Waals surface area contributed by atoms with Crippen molar-refractivity contribution in [3.8, 4) is 0 Å². The van der Waals surface area contributed by atoms with Crippen molar-refractivity contribution in [2.75, 3.05) is 5.32 Å². The molecule has 0 aliphatic heterocycles. The molecule has 1 atom stereocenters. The zero-order chi connectivity index (χ0) is 14.4. The van der Waals surface area contributed by atoms with Gasteiger partial charge in [-0.1, -0.05) is 42.5 Å². The van der Waals surface area contributed by atoms with Crippen LogP contribution < -0.4 is 5.32 Å². The molecule has 1 radical (unpaired) electrons. The number of aromatic carboxylic acids is 1. The van der Waals surface area contributed by atoms with Crippen LogP contribution in [0.3, 0.4) is 0 Å². The molecule has 20 heavy (non-hydrogen) atoms. The van der Waals surface area contributed by atoms with Crippen LogP contribution in [0.2, 0.25) is 0 Å². The molecule has 2 rings (SSSR count). The third-order valence-corrected chi connectivity index (χ3v) is 3.07. The summed E-state index contributed by atoms with van der Waals surface area (Å²) in [6.07, 6.45) is 2.97. The summed E-state index contributed by atoms with van der Waals surface area (Å²) in [6, 6.07) is 17.2. The highest BCUT2D eigenvalue weighted by Gasteiger charge is 2.11. The van der Waals surface area contributed by atoms with Crippen LogP contribution in [0.5, 0.6) is 0 Å². The summed E-state index contributed by atoms with van der Waals surface area (Å²) in [5.74, 6) is -0.910. The molecule has 0 spiro atoms. The van der Waals surface area contributed by atoms with Crippen molar-refractivity contribution in [3.63, 3.8) is 0 Å². The van der Waals surface area contributed by atoms with Gasteiger partial charge in [0.25, 0.3) is 0 Å². The summed E-state index contributed by atoms with van der Waals surface area (Å²) in [7, 11) is 0. The number of carbonyl (C=O) groups is 1. The fourth-order valence-corrected chi connectivity index (χ4v) is 2.02. The van der Waals surface area contributed by atoms with Crippen LogP contribution in [-0.2, 0) is 0 Å². The van der Waals surface area contributed by atoms with E-state index in [9.17, 15) is 4.79 Å². The van der Waals surface area contributed by atoms with E-state index in [1.54, 1.807) is 18.2 Å². The van der Waals surface area contributed by atoms with Crippen LogP contribution in [0.4, 0.5) is 5.69 Å². The van der Waals surface area contributed by atoms with Gasteiger partial charge in [-0.25, -0.2) is 4.79 Å². The maximum Gasteiger partial charge on any atom is 0.337 e. The molecule has 2 aromatic carbocycles. The van der Waals surface area contributed by atoms with Crippen LogP contribution in [-0.4, -0.2) is 17.1 Å². The minimum absolute atomic E-state index is 0.163. The lowest BCUT2D eigenvalue weighted by Gasteiger charge is -2.16. The van der Waals surface area contributed by atoms with E-state index < -0.39 is 5.97 Å². The number of para-hydroxylation sites is 1. The molecule has 0 aliphatic carbocycles. The summed E-state index contributed by atoms with van der Waals surface area (Å²) in [5.41, 5.74) is 2.14. The minimum atomic E-state index is -0.910. The normalized spacial score (nSPS) is 11.8. The summed E-state index contributed by atoms with van der Waals surface area (Å²) < 4.78 is 0. The van der Waals surface area contributed by atoms with Gasteiger partial charge in [0.2, 0.25) is 0 Å². The molecule has 0 fully saturated rings. The summed E-state index contributed by atoms with van der Waals surface area (Å²) in [4.78, 5) is 11.1. The molecule has 2 N–H and O–H groups in total. The van der Waals surface area contributed by atoms with Gasteiger partial charge in [-0.15, -0.1) is 0 Å². The van der Waals surface area contributed by atoms with Gasteiger partial charge in [0.1, 0.15) is 0 Å². The monoisotopic (exact) mass is 268 g/mol. The highest BCUT2D eigenvalue weighted by atomic mass is 16.4. The average Bonchev–Trinajstić information content (AvgIpc) is 2.46. The lowest BCUT2D eigenvalue weighted by molar-refractivity contribution is 0.0698. The first-order valence-electron chi connectivity index (χ1n) is 6.64. The average molecular weight is 268 g/mol. The number of benzene rings is 2. The molecule has 3 heteroatoms. The Labute approximate surface area is 119 Å². The molecule has 0 aromatic heterocycles. The maximum atomic E-state index is 11.1. The molecule has 1 unspecified atom stereocenters. The molecule has 0 heterocycles. The Hall–Kier alpha value is -2.29. The topological polar surface area (TPSA) is 49.3 Å². The van der Waals surface area contributed by atoms with Gasteiger partial charge in [-0.2, -0.15) is 0 Å². The Morgan fingerprint density at radius 3 is 2.50 bits per heavy atom. The van der Waals surface area contributed by atoms with Gasteiger partial charge >= 0.3 is 5.97 Å². The largest absolute Gasteiger partial charge is 0.478 e. The zero-order valence-electron chi connectivity index (χ0n) is 11.4. The van der Waals surface area contributed by atoms with E-state index in [1.165, 1.54) is 5.56 Å². The van der Waals surface area contributed by atoms with Crippen molar-refractivity contribution in [3.05, 3.63) is 72.1 Å². The van der Waals surface area contributed by atoms with Crippen molar-refractivity contribution < 1.29 is 9.90 Å². The molecule has 0 saturated carbocycles. The first-order chi connectivity index (χ1) is 9.66. The van der Waals surface area contributed by atoms with E-state index in [-0.39, 0.29) is 6.04 Å². The van der Waals surface area contributed by atoms with E-state index in [0.717, 1.165) is 6.42 Å². The van der Waals surface area contributed by atoms with E-state index >= 15 is 0 Å². The molecule has 0 aliphatic rings. The Balaban J connectivity index is 1.95. The van der Waals surface area contributed by atoms with E-state index in [0.29, 0.717) is 11.3 Å². The second kappa shape index (κ2) is 6.75. The lowest BCUT2D eigenvalue weighted by atomic mass is 10.1. The Bertz CT molecular complexity index is 566. The fourth-order valence-electron chi connectivity index (χ4n) is 2.02. The molecule has 0 amide bonds. The second-order valence-electron chi connectivity index (χ2n) is 4.75. The van der Waals surface area contributed by atoms with Crippen molar-refractivity contribution in [2.45, 2.75) is 19.4 Å². The van der Waals surface area contributed by atoms with E-state index in [2.05, 4.69) is 23.9 Å². The molecule has 3 nitrogen and oxygen atoms in total. The van der Waals surface area contributed by atoms with Gasteiger partial charge in [0.05, 0.1) is 5.56 Å². The molecular formula is C17H18NO2.